The van der Waals surface area contributed by atoms with Crippen LogP contribution in [0.15, 0.2) is 18.2 Å². The van der Waals surface area contributed by atoms with Crippen LogP contribution in [0.25, 0.3) is 0 Å². The fourth-order valence-corrected chi connectivity index (χ4v) is 1.34. The van der Waals surface area contributed by atoms with E-state index >= 15 is 0 Å². The quantitative estimate of drug-likeness (QED) is 0.696. The van der Waals surface area contributed by atoms with Crippen LogP contribution in [0, 0.1) is 0 Å². The maximum Gasteiger partial charge on any atom is 0.125 e. The van der Waals surface area contributed by atoms with E-state index in [1.165, 1.54) is 0 Å². The van der Waals surface area contributed by atoms with Crippen molar-refractivity contribution in [2.75, 3.05) is 12.8 Å². The standard InChI is InChI=1S/C10H16N2O/c1-3-7(11)10-8(12)5-4-6-9(10)13-2/h4-7H,3,11-12H2,1-2H3/t7-/m1/s1. The number of hydrogen-bond donors (Lipinski definition) is 2. The number of anilines is 1. The Kier molecular flexibility index (Phi) is 3.14. The summed E-state index contributed by atoms with van der Waals surface area (Å²) in [6, 6.07) is 5.53. The van der Waals surface area contributed by atoms with E-state index in [-0.39, 0.29) is 6.04 Å². The van der Waals surface area contributed by atoms with Crippen molar-refractivity contribution in [3.63, 3.8) is 0 Å². The number of ether oxygens (including phenoxy) is 1. The number of rotatable bonds is 3. The summed E-state index contributed by atoms with van der Waals surface area (Å²) in [6.45, 7) is 2.02. The zero-order valence-corrected chi connectivity index (χ0v) is 8.08. The molecule has 0 aliphatic heterocycles. The second-order valence-electron chi connectivity index (χ2n) is 2.98. The van der Waals surface area contributed by atoms with Crippen LogP contribution in [0.2, 0.25) is 0 Å². The molecule has 0 radical (unpaired) electrons. The summed E-state index contributed by atoms with van der Waals surface area (Å²) in [5.41, 5.74) is 13.3. The van der Waals surface area contributed by atoms with Gasteiger partial charge in [-0.2, -0.15) is 0 Å². The third-order valence-corrected chi connectivity index (χ3v) is 2.13. The monoisotopic (exact) mass is 180 g/mol. The molecule has 1 aromatic rings. The lowest BCUT2D eigenvalue weighted by Gasteiger charge is -2.15. The molecule has 4 N–H and O–H groups in total. The molecule has 0 bridgehead atoms. The van der Waals surface area contributed by atoms with Crippen molar-refractivity contribution in [1.29, 1.82) is 0 Å². The molecule has 13 heavy (non-hydrogen) atoms. The van der Waals surface area contributed by atoms with E-state index in [1.807, 2.05) is 25.1 Å². The molecule has 1 aromatic carbocycles. The van der Waals surface area contributed by atoms with Gasteiger partial charge < -0.3 is 16.2 Å². The molecule has 1 atom stereocenters. The Hall–Kier alpha value is -1.22. The van der Waals surface area contributed by atoms with E-state index in [2.05, 4.69) is 0 Å². The number of nitrogen functional groups attached to an aromatic ring is 1. The largest absolute Gasteiger partial charge is 0.496 e. The first-order valence-electron chi connectivity index (χ1n) is 4.38. The normalized spacial score (nSPS) is 12.5. The lowest BCUT2D eigenvalue weighted by molar-refractivity contribution is 0.405. The van der Waals surface area contributed by atoms with Crippen molar-refractivity contribution < 1.29 is 4.74 Å². The van der Waals surface area contributed by atoms with E-state index in [1.54, 1.807) is 7.11 Å². The molecule has 0 saturated carbocycles. The van der Waals surface area contributed by atoms with Crippen LogP contribution in [-0.4, -0.2) is 7.11 Å². The van der Waals surface area contributed by atoms with E-state index in [9.17, 15) is 0 Å². The summed E-state index contributed by atoms with van der Waals surface area (Å²) in [4.78, 5) is 0. The third kappa shape index (κ3) is 1.92. The fraction of sp³-hybridized carbons (Fsp3) is 0.400. The Morgan fingerprint density at radius 2 is 2.15 bits per heavy atom. The molecule has 0 aliphatic carbocycles. The van der Waals surface area contributed by atoms with Gasteiger partial charge in [0.1, 0.15) is 5.75 Å². The van der Waals surface area contributed by atoms with Crippen molar-refractivity contribution in [3.05, 3.63) is 23.8 Å². The minimum absolute atomic E-state index is 0.0452. The maximum absolute atomic E-state index is 5.91. The van der Waals surface area contributed by atoms with Crippen LogP contribution >= 0.6 is 0 Å². The molecule has 0 heterocycles. The van der Waals surface area contributed by atoms with E-state index in [0.29, 0.717) is 5.69 Å². The Morgan fingerprint density at radius 3 is 2.69 bits per heavy atom. The van der Waals surface area contributed by atoms with E-state index in [4.69, 9.17) is 16.2 Å². The molecular weight excluding hydrogens is 164 g/mol. The van der Waals surface area contributed by atoms with Crippen LogP contribution in [0.5, 0.6) is 5.75 Å². The average molecular weight is 180 g/mol. The van der Waals surface area contributed by atoms with Gasteiger partial charge in [-0.1, -0.05) is 13.0 Å². The van der Waals surface area contributed by atoms with Gasteiger partial charge in [0.25, 0.3) is 0 Å². The zero-order valence-electron chi connectivity index (χ0n) is 8.08. The number of hydrogen-bond acceptors (Lipinski definition) is 3. The summed E-state index contributed by atoms with van der Waals surface area (Å²) in [5, 5.41) is 0. The predicted molar refractivity (Wildman–Crippen MR) is 54.6 cm³/mol. The lowest BCUT2D eigenvalue weighted by atomic mass is 10.0. The van der Waals surface area contributed by atoms with Gasteiger partial charge in [-0.25, -0.2) is 0 Å². The first-order valence-corrected chi connectivity index (χ1v) is 4.38. The molecule has 3 heteroatoms. The van der Waals surface area contributed by atoms with E-state index < -0.39 is 0 Å². The topological polar surface area (TPSA) is 61.3 Å². The summed E-state index contributed by atoms with van der Waals surface area (Å²) in [7, 11) is 1.63. The summed E-state index contributed by atoms with van der Waals surface area (Å²) in [6.07, 6.45) is 0.852. The zero-order chi connectivity index (χ0) is 9.84. The van der Waals surface area contributed by atoms with Crippen molar-refractivity contribution in [3.8, 4) is 5.75 Å². The van der Waals surface area contributed by atoms with Gasteiger partial charge in [0, 0.05) is 17.3 Å². The second kappa shape index (κ2) is 4.14. The molecule has 0 spiro atoms. The highest BCUT2D eigenvalue weighted by molar-refractivity contribution is 5.55. The summed E-state index contributed by atoms with van der Waals surface area (Å²) in [5.74, 6) is 0.773. The molecule has 0 aromatic heterocycles. The summed E-state index contributed by atoms with van der Waals surface area (Å²) >= 11 is 0. The first kappa shape index (κ1) is 9.86. The van der Waals surface area contributed by atoms with Crippen LogP contribution in [0.1, 0.15) is 24.9 Å². The first-order chi connectivity index (χ1) is 6.20. The van der Waals surface area contributed by atoms with Gasteiger partial charge in [-0.05, 0) is 18.6 Å². The van der Waals surface area contributed by atoms with E-state index in [0.717, 1.165) is 17.7 Å². The van der Waals surface area contributed by atoms with Crippen molar-refractivity contribution in [1.82, 2.24) is 0 Å². The van der Waals surface area contributed by atoms with Crippen molar-refractivity contribution in [2.24, 2.45) is 5.73 Å². The van der Waals surface area contributed by atoms with Gasteiger partial charge in [0.2, 0.25) is 0 Å². The molecule has 1 rings (SSSR count). The minimum Gasteiger partial charge on any atom is -0.496 e. The third-order valence-electron chi connectivity index (χ3n) is 2.13. The Labute approximate surface area is 78.7 Å². The second-order valence-corrected chi connectivity index (χ2v) is 2.98. The van der Waals surface area contributed by atoms with Gasteiger partial charge in [-0.3, -0.25) is 0 Å². The minimum atomic E-state index is -0.0452. The molecule has 0 aliphatic rings. The predicted octanol–water partition coefficient (Wildman–Crippen LogP) is 1.69. The van der Waals surface area contributed by atoms with Gasteiger partial charge in [-0.15, -0.1) is 0 Å². The Balaban J connectivity index is 3.14. The van der Waals surface area contributed by atoms with Crippen molar-refractivity contribution >= 4 is 5.69 Å². The molecular formula is C10H16N2O. The fourth-order valence-electron chi connectivity index (χ4n) is 1.34. The number of methoxy groups -OCH3 is 1. The van der Waals surface area contributed by atoms with Gasteiger partial charge >= 0.3 is 0 Å². The smallest absolute Gasteiger partial charge is 0.125 e. The SMILES string of the molecule is CC[C@@H](N)c1c(N)cccc1OC. The molecule has 0 fully saturated rings. The van der Waals surface area contributed by atoms with Crippen LogP contribution in [0.4, 0.5) is 5.69 Å². The highest BCUT2D eigenvalue weighted by Crippen LogP contribution is 2.30. The molecule has 0 saturated heterocycles. The van der Waals surface area contributed by atoms with Gasteiger partial charge in [0.05, 0.1) is 7.11 Å². The molecule has 3 nitrogen and oxygen atoms in total. The number of nitrogens with two attached hydrogens (primary N) is 2. The number of benzene rings is 1. The highest BCUT2D eigenvalue weighted by Gasteiger charge is 2.12. The molecule has 0 amide bonds. The van der Waals surface area contributed by atoms with Gasteiger partial charge in [0.15, 0.2) is 0 Å². The van der Waals surface area contributed by atoms with Crippen LogP contribution in [-0.2, 0) is 0 Å². The highest BCUT2D eigenvalue weighted by atomic mass is 16.5. The Morgan fingerprint density at radius 1 is 1.46 bits per heavy atom. The lowest BCUT2D eigenvalue weighted by Crippen LogP contribution is -2.12. The van der Waals surface area contributed by atoms with Crippen LogP contribution in [0.3, 0.4) is 0 Å². The van der Waals surface area contributed by atoms with Crippen molar-refractivity contribution in [2.45, 2.75) is 19.4 Å². The van der Waals surface area contributed by atoms with Crippen LogP contribution < -0.4 is 16.2 Å². The molecule has 72 valence electrons. The Bertz CT molecular complexity index is 286. The molecule has 0 unspecified atom stereocenters. The average Bonchev–Trinajstić information content (AvgIpc) is 2.16. The maximum atomic E-state index is 5.91. The summed E-state index contributed by atoms with van der Waals surface area (Å²) < 4.78 is 5.19.